The first-order valence-electron chi connectivity index (χ1n) is 3.85. The van der Waals surface area contributed by atoms with E-state index in [9.17, 15) is 0 Å². The average Bonchev–Trinajstić information content (AvgIpc) is 2.50. The number of imidazole rings is 1. The normalized spacial score (nSPS) is 10.5. The second kappa shape index (κ2) is 4.90. The summed E-state index contributed by atoms with van der Waals surface area (Å²) in [5.41, 5.74) is 1.08. The van der Waals surface area contributed by atoms with E-state index in [-0.39, 0.29) is 0 Å². The number of methoxy groups -OCH3 is 2. The molecule has 12 heavy (non-hydrogen) atoms. The summed E-state index contributed by atoms with van der Waals surface area (Å²) < 4.78 is 12.0. The van der Waals surface area contributed by atoms with Crippen LogP contribution in [-0.4, -0.2) is 30.4 Å². The zero-order valence-corrected chi connectivity index (χ0v) is 7.49. The molecular formula is C8H14N2O2. The number of ether oxygens (including phenoxy) is 2. The van der Waals surface area contributed by atoms with Crippen molar-refractivity contribution in [1.29, 1.82) is 0 Å². The number of rotatable bonds is 5. The molecule has 0 amide bonds. The van der Waals surface area contributed by atoms with Crippen LogP contribution in [0.15, 0.2) is 12.5 Å². The van der Waals surface area contributed by atoms with Crippen LogP contribution in [0.25, 0.3) is 0 Å². The molecule has 0 fully saturated rings. The van der Waals surface area contributed by atoms with Crippen LogP contribution < -0.4 is 0 Å². The molecule has 4 nitrogen and oxygen atoms in total. The van der Waals surface area contributed by atoms with Gasteiger partial charge in [-0.2, -0.15) is 0 Å². The standard InChI is InChI=1S/C8H14N2O2/c1-11-4-3-10-7-9-5-8(10)6-12-2/h5,7H,3-4,6H2,1-2H3. The summed E-state index contributed by atoms with van der Waals surface area (Å²) in [6.45, 7) is 2.13. The predicted molar refractivity (Wildman–Crippen MR) is 44.8 cm³/mol. The van der Waals surface area contributed by atoms with Crippen molar-refractivity contribution < 1.29 is 9.47 Å². The van der Waals surface area contributed by atoms with Crippen molar-refractivity contribution in [3.63, 3.8) is 0 Å². The lowest BCUT2D eigenvalue weighted by molar-refractivity contribution is 0.166. The maximum absolute atomic E-state index is 5.01. The monoisotopic (exact) mass is 170 g/mol. The zero-order valence-electron chi connectivity index (χ0n) is 7.49. The van der Waals surface area contributed by atoms with Crippen LogP contribution in [0, 0.1) is 0 Å². The van der Waals surface area contributed by atoms with Gasteiger partial charge in [0.15, 0.2) is 0 Å². The maximum Gasteiger partial charge on any atom is 0.0949 e. The summed E-state index contributed by atoms with van der Waals surface area (Å²) in [4.78, 5) is 4.02. The second-order valence-corrected chi connectivity index (χ2v) is 2.50. The molecule has 1 rings (SSSR count). The Morgan fingerprint density at radius 3 is 2.92 bits per heavy atom. The van der Waals surface area contributed by atoms with Crippen LogP contribution in [0.1, 0.15) is 5.69 Å². The molecule has 0 saturated heterocycles. The van der Waals surface area contributed by atoms with Crippen molar-refractivity contribution in [2.45, 2.75) is 13.2 Å². The van der Waals surface area contributed by atoms with Gasteiger partial charge in [0, 0.05) is 20.8 Å². The van der Waals surface area contributed by atoms with Crippen molar-refractivity contribution in [1.82, 2.24) is 9.55 Å². The highest BCUT2D eigenvalue weighted by Crippen LogP contribution is 2.00. The predicted octanol–water partition coefficient (Wildman–Crippen LogP) is 0.676. The molecule has 4 heteroatoms. The minimum Gasteiger partial charge on any atom is -0.383 e. The third-order valence-electron chi connectivity index (χ3n) is 1.63. The minimum atomic E-state index is 0.601. The molecule has 0 spiro atoms. The fourth-order valence-electron chi connectivity index (χ4n) is 1.01. The molecule has 1 heterocycles. The fraction of sp³-hybridized carbons (Fsp3) is 0.625. The molecular weight excluding hydrogens is 156 g/mol. The summed E-state index contributed by atoms with van der Waals surface area (Å²) in [6.07, 6.45) is 3.59. The molecule has 0 radical (unpaired) electrons. The van der Waals surface area contributed by atoms with Crippen LogP contribution in [0.4, 0.5) is 0 Å². The van der Waals surface area contributed by atoms with Gasteiger partial charge in [-0.15, -0.1) is 0 Å². The first-order valence-corrected chi connectivity index (χ1v) is 3.85. The van der Waals surface area contributed by atoms with Crippen LogP contribution >= 0.6 is 0 Å². The van der Waals surface area contributed by atoms with Gasteiger partial charge in [0.1, 0.15) is 0 Å². The van der Waals surface area contributed by atoms with E-state index in [1.807, 2.05) is 4.57 Å². The number of nitrogens with zero attached hydrogens (tertiary/aromatic N) is 2. The number of hydrogen-bond acceptors (Lipinski definition) is 3. The topological polar surface area (TPSA) is 36.3 Å². The van der Waals surface area contributed by atoms with Crippen LogP contribution in [-0.2, 0) is 22.6 Å². The molecule has 1 aromatic rings. The van der Waals surface area contributed by atoms with Crippen molar-refractivity contribution in [3.8, 4) is 0 Å². The highest BCUT2D eigenvalue weighted by Gasteiger charge is 1.99. The van der Waals surface area contributed by atoms with Gasteiger partial charge in [-0.25, -0.2) is 4.98 Å². The van der Waals surface area contributed by atoms with E-state index in [0.717, 1.165) is 12.2 Å². The van der Waals surface area contributed by atoms with Gasteiger partial charge in [-0.1, -0.05) is 0 Å². The summed E-state index contributed by atoms with van der Waals surface area (Å²) in [6, 6.07) is 0. The Labute approximate surface area is 72.1 Å². The van der Waals surface area contributed by atoms with Crippen molar-refractivity contribution in [2.75, 3.05) is 20.8 Å². The molecule has 68 valence electrons. The van der Waals surface area contributed by atoms with Gasteiger partial charge in [-0.3, -0.25) is 0 Å². The maximum atomic E-state index is 5.01. The van der Waals surface area contributed by atoms with E-state index in [4.69, 9.17) is 9.47 Å². The van der Waals surface area contributed by atoms with E-state index in [0.29, 0.717) is 13.2 Å². The Morgan fingerprint density at radius 1 is 1.42 bits per heavy atom. The number of aromatic nitrogens is 2. The third-order valence-corrected chi connectivity index (χ3v) is 1.63. The lowest BCUT2D eigenvalue weighted by atomic mass is 10.5. The first kappa shape index (κ1) is 9.22. The average molecular weight is 170 g/mol. The fourth-order valence-corrected chi connectivity index (χ4v) is 1.01. The van der Waals surface area contributed by atoms with Crippen LogP contribution in [0.3, 0.4) is 0 Å². The summed E-state index contributed by atoms with van der Waals surface area (Å²) in [5, 5.41) is 0. The van der Waals surface area contributed by atoms with E-state index >= 15 is 0 Å². The molecule has 0 aliphatic rings. The molecule has 0 unspecified atom stereocenters. The third kappa shape index (κ3) is 2.32. The van der Waals surface area contributed by atoms with Crippen molar-refractivity contribution >= 4 is 0 Å². The SMILES string of the molecule is COCCn1cncc1COC. The Morgan fingerprint density at radius 2 is 2.25 bits per heavy atom. The lowest BCUT2D eigenvalue weighted by Crippen LogP contribution is -2.07. The van der Waals surface area contributed by atoms with Gasteiger partial charge in [0.25, 0.3) is 0 Å². The smallest absolute Gasteiger partial charge is 0.0949 e. The lowest BCUT2D eigenvalue weighted by Gasteiger charge is -2.05. The molecule has 0 atom stereocenters. The Bertz CT molecular complexity index is 223. The Kier molecular flexibility index (Phi) is 3.76. The van der Waals surface area contributed by atoms with Gasteiger partial charge >= 0.3 is 0 Å². The largest absolute Gasteiger partial charge is 0.383 e. The van der Waals surface area contributed by atoms with Gasteiger partial charge in [-0.05, 0) is 0 Å². The van der Waals surface area contributed by atoms with Gasteiger partial charge in [0.2, 0.25) is 0 Å². The van der Waals surface area contributed by atoms with E-state index < -0.39 is 0 Å². The molecule has 0 aliphatic heterocycles. The quantitative estimate of drug-likeness (QED) is 0.651. The van der Waals surface area contributed by atoms with Gasteiger partial charge in [0.05, 0.1) is 31.4 Å². The zero-order chi connectivity index (χ0) is 8.81. The second-order valence-electron chi connectivity index (χ2n) is 2.50. The molecule has 1 aromatic heterocycles. The van der Waals surface area contributed by atoms with Crippen LogP contribution in [0.5, 0.6) is 0 Å². The van der Waals surface area contributed by atoms with E-state index in [1.165, 1.54) is 0 Å². The van der Waals surface area contributed by atoms with Crippen LogP contribution in [0.2, 0.25) is 0 Å². The van der Waals surface area contributed by atoms with Gasteiger partial charge < -0.3 is 14.0 Å². The summed E-state index contributed by atoms with van der Waals surface area (Å²) in [7, 11) is 3.36. The summed E-state index contributed by atoms with van der Waals surface area (Å²) in [5.74, 6) is 0. The molecule has 0 aliphatic carbocycles. The van der Waals surface area contributed by atoms with Crippen molar-refractivity contribution in [3.05, 3.63) is 18.2 Å². The number of hydrogen-bond donors (Lipinski definition) is 0. The molecule has 0 saturated carbocycles. The Balaban J connectivity index is 2.51. The molecule has 0 bridgehead atoms. The molecule has 0 N–H and O–H groups in total. The minimum absolute atomic E-state index is 0.601. The van der Waals surface area contributed by atoms with E-state index in [1.54, 1.807) is 26.7 Å². The van der Waals surface area contributed by atoms with E-state index in [2.05, 4.69) is 4.98 Å². The summed E-state index contributed by atoms with van der Waals surface area (Å²) >= 11 is 0. The first-order chi connectivity index (χ1) is 5.88. The Hall–Kier alpha value is -0.870. The highest BCUT2D eigenvalue weighted by molar-refractivity contribution is 4.96. The highest BCUT2D eigenvalue weighted by atomic mass is 16.5. The molecule has 0 aromatic carbocycles. The van der Waals surface area contributed by atoms with Crippen molar-refractivity contribution in [2.24, 2.45) is 0 Å².